The van der Waals surface area contributed by atoms with Crippen LogP contribution in [-0.2, 0) is 0 Å². The summed E-state index contributed by atoms with van der Waals surface area (Å²) >= 11 is 0. The van der Waals surface area contributed by atoms with Crippen molar-refractivity contribution in [2.75, 3.05) is 19.6 Å². The van der Waals surface area contributed by atoms with Crippen LogP contribution in [0.4, 0.5) is 0 Å². The molecule has 0 bridgehead atoms. The summed E-state index contributed by atoms with van der Waals surface area (Å²) in [4.78, 5) is 14.5. The Morgan fingerprint density at radius 3 is 2.59 bits per heavy atom. The van der Waals surface area contributed by atoms with Crippen LogP contribution >= 0.6 is 0 Å². The monoisotopic (exact) mass is 231 g/mol. The fraction of sp³-hybridized carbons (Fsp3) is 0.533. The van der Waals surface area contributed by atoms with Gasteiger partial charge >= 0.3 is 0 Å². The molecule has 0 saturated carbocycles. The molecular weight excluding hydrogens is 210 g/mol. The van der Waals surface area contributed by atoms with Crippen molar-refractivity contribution in [2.45, 2.75) is 33.1 Å². The zero-order valence-corrected chi connectivity index (χ0v) is 10.8. The molecule has 0 amide bonds. The number of aryl methyl sites for hydroxylation is 2. The van der Waals surface area contributed by atoms with Gasteiger partial charge in [-0.05, 0) is 51.4 Å². The van der Waals surface area contributed by atoms with Crippen molar-refractivity contribution in [1.82, 2.24) is 4.90 Å². The summed E-state index contributed by atoms with van der Waals surface area (Å²) in [7, 11) is 0. The number of carbonyl (C=O) groups excluding carboxylic acids is 1. The molecule has 2 nitrogen and oxygen atoms in total. The zero-order chi connectivity index (χ0) is 12.3. The Morgan fingerprint density at radius 2 is 1.88 bits per heavy atom. The van der Waals surface area contributed by atoms with E-state index in [4.69, 9.17) is 0 Å². The van der Waals surface area contributed by atoms with Gasteiger partial charge in [0.25, 0.3) is 0 Å². The van der Waals surface area contributed by atoms with E-state index in [-0.39, 0.29) is 5.78 Å². The molecular formula is C15H21NO. The molecule has 2 heteroatoms. The average molecular weight is 231 g/mol. The Labute approximate surface area is 104 Å². The maximum absolute atomic E-state index is 12.2. The van der Waals surface area contributed by atoms with Crippen LogP contribution in [0.1, 0.15) is 40.7 Å². The minimum atomic E-state index is 0.271. The maximum Gasteiger partial charge on any atom is 0.177 e. The largest absolute Gasteiger partial charge is 0.296 e. The molecule has 0 aromatic heterocycles. The Kier molecular flexibility index (Phi) is 3.95. The molecule has 1 heterocycles. The van der Waals surface area contributed by atoms with Gasteiger partial charge in [-0.15, -0.1) is 0 Å². The number of rotatable bonds is 3. The second-order valence-corrected chi connectivity index (χ2v) is 5.08. The van der Waals surface area contributed by atoms with Gasteiger partial charge in [-0.3, -0.25) is 9.69 Å². The van der Waals surface area contributed by atoms with Gasteiger partial charge in [0.15, 0.2) is 5.78 Å². The molecule has 92 valence electrons. The second-order valence-electron chi connectivity index (χ2n) is 5.08. The first kappa shape index (κ1) is 12.3. The number of ketones is 1. The van der Waals surface area contributed by atoms with E-state index in [9.17, 15) is 4.79 Å². The van der Waals surface area contributed by atoms with Gasteiger partial charge in [0.2, 0.25) is 0 Å². The Bertz CT molecular complexity index is 405. The predicted octanol–water partition coefficient (Wildman–Crippen LogP) is 2.97. The van der Waals surface area contributed by atoms with Crippen LogP contribution in [0.2, 0.25) is 0 Å². The van der Waals surface area contributed by atoms with Gasteiger partial charge < -0.3 is 0 Å². The van der Waals surface area contributed by atoms with E-state index in [1.54, 1.807) is 0 Å². The summed E-state index contributed by atoms with van der Waals surface area (Å²) in [5, 5.41) is 0. The van der Waals surface area contributed by atoms with E-state index in [0.29, 0.717) is 6.54 Å². The van der Waals surface area contributed by atoms with Crippen LogP contribution in [0.15, 0.2) is 18.2 Å². The highest BCUT2D eigenvalue weighted by molar-refractivity contribution is 5.99. The smallest absolute Gasteiger partial charge is 0.177 e. The normalized spacial score (nSPS) is 17.1. The van der Waals surface area contributed by atoms with Crippen LogP contribution in [0.3, 0.4) is 0 Å². The molecule has 0 N–H and O–H groups in total. The maximum atomic E-state index is 12.2. The van der Waals surface area contributed by atoms with Gasteiger partial charge in [-0.2, -0.15) is 0 Å². The van der Waals surface area contributed by atoms with Crippen molar-refractivity contribution in [2.24, 2.45) is 0 Å². The third-order valence-corrected chi connectivity index (χ3v) is 3.51. The molecule has 17 heavy (non-hydrogen) atoms. The topological polar surface area (TPSA) is 20.3 Å². The third-order valence-electron chi connectivity index (χ3n) is 3.51. The molecule has 0 unspecified atom stereocenters. The van der Waals surface area contributed by atoms with Gasteiger partial charge in [0.05, 0.1) is 6.54 Å². The van der Waals surface area contributed by atoms with Crippen molar-refractivity contribution in [3.8, 4) is 0 Å². The standard InChI is InChI=1S/C15H21NO/c1-12-6-7-13(2)14(10-12)15(17)11-16-8-4-3-5-9-16/h6-7,10H,3-5,8-9,11H2,1-2H3. The number of benzene rings is 1. The van der Waals surface area contributed by atoms with Crippen molar-refractivity contribution in [3.63, 3.8) is 0 Å². The number of Topliss-reactive ketones (excluding diaryl/α,β-unsaturated/α-hetero) is 1. The number of carbonyl (C=O) groups is 1. The number of piperidine rings is 1. The molecule has 0 radical (unpaired) electrons. The second kappa shape index (κ2) is 5.46. The lowest BCUT2D eigenvalue weighted by Crippen LogP contribution is -2.34. The van der Waals surface area contributed by atoms with E-state index in [0.717, 1.165) is 29.8 Å². The van der Waals surface area contributed by atoms with Crippen molar-refractivity contribution in [1.29, 1.82) is 0 Å². The minimum Gasteiger partial charge on any atom is -0.296 e. The summed E-state index contributed by atoms with van der Waals surface area (Å²) in [6.07, 6.45) is 3.79. The zero-order valence-electron chi connectivity index (χ0n) is 10.8. The van der Waals surface area contributed by atoms with Crippen molar-refractivity contribution >= 4 is 5.78 Å². The van der Waals surface area contributed by atoms with Crippen LogP contribution in [-0.4, -0.2) is 30.3 Å². The van der Waals surface area contributed by atoms with Gasteiger partial charge in [0.1, 0.15) is 0 Å². The van der Waals surface area contributed by atoms with Crippen LogP contribution in [0.5, 0.6) is 0 Å². The van der Waals surface area contributed by atoms with E-state index in [1.165, 1.54) is 19.3 Å². The fourth-order valence-corrected chi connectivity index (χ4v) is 2.44. The average Bonchev–Trinajstić information content (AvgIpc) is 2.33. The molecule has 1 aromatic rings. The van der Waals surface area contributed by atoms with Crippen LogP contribution in [0, 0.1) is 13.8 Å². The SMILES string of the molecule is Cc1ccc(C)c(C(=O)CN2CCCCC2)c1. The third kappa shape index (κ3) is 3.16. The molecule has 1 saturated heterocycles. The summed E-state index contributed by atoms with van der Waals surface area (Å²) in [5.74, 6) is 0.271. The summed E-state index contributed by atoms with van der Waals surface area (Å²) < 4.78 is 0. The predicted molar refractivity (Wildman–Crippen MR) is 70.5 cm³/mol. The first-order valence-electron chi connectivity index (χ1n) is 6.49. The van der Waals surface area contributed by atoms with Crippen molar-refractivity contribution < 1.29 is 4.79 Å². The quantitative estimate of drug-likeness (QED) is 0.745. The molecule has 2 rings (SSSR count). The lowest BCUT2D eigenvalue weighted by atomic mass is 10.0. The van der Waals surface area contributed by atoms with E-state index in [1.807, 2.05) is 26.0 Å². The molecule has 1 fully saturated rings. The number of likely N-dealkylation sites (tertiary alicyclic amines) is 1. The highest BCUT2D eigenvalue weighted by atomic mass is 16.1. The van der Waals surface area contributed by atoms with E-state index >= 15 is 0 Å². The first-order valence-corrected chi connectivity index (χ1v) is 6.49. The highest BCUT2D eigenvalue weighted by Crippen LogP contribution is 2.14. The number of nitrogens with zero attached hydrogens (tertiary/aromatic N) is 1. The summed E-state index contributed by atoms with van der Waals surface area (Å²) in [5.41, 5.74) is 3.16. The Hall–Kier alpha value is -1.15. The van der Waals surface area contributed by atoms with Gasteiger partial charge in [-0.25, -0.2) is 0 Å². The van der Waals surface area contributed by atoms with Crippen LogP contribution in [0.25, 0.3) is 0 Å². The molecule has 0 aliphatic carbocycles. The Morgan fingerprint density at radius 1 is 1.18 bits per heavy atom. The van der Waals surface area contributed by atoms with Crippen LogP contribution < -0.4 is 0 Å². The summed E-state index contributed by atoms with van der Waals surface area (Å²) in [6, 6.07) is 6.12. The molecule has 0 spiro atoms. The molecule has 1 aliphatic heterocycles. The van der Waals surface area contributed by atoms with E-state index in [2.05, 4.69) is 11.0 Å². The van der Waals surface area contributed by atoms with E-state index < -0.39 is 0 Å². The summed E-state index contributed by atoms with van der Waals surface area (Å²) in [6.45, 7) is 6.80. The molecule has 1 aromatic carbocycles. The van der Waals surface area contributed by atoms with Gasteiger partial charge in [0, 0.05) is 5.56 Å². The number of hydrogen-bond donors (Lipinski definition) is 0. The molecule has 0 atom stereocenters. The van der Waals surface area contributed by atoms with Crippen molar-refractivity contribution in [3.05, 3.63) is 34.9 Å². The number of hydrogen-bond acceptors (Lipinski definition) is 2. The fourth-order valence-electron chi connectivity index (χ4n) is 2.44. The first-order chi connectivity index (χ1) is 8.16. The van der Waals surface area contributed by atoms with Gasteiger partial charge in [-0.1, -0.05) is 24.1 Å². The lowest BCUT2D eigenvalue weighted by molar-refractivity contribution is 0.0915. The molecule has 1 aliphatic rings. The lowest BCUT2D eigenvalue weighted by Gasteiger charge is -2.25. The minimum absolute atomic E-state index is 0.271. The Balaban J connectivity index is 2.05. The highest BCUT2D eigenvalue weighted by Gasteiger charge is 2.16.